The van der Waals surface area contributed by atoms with Crippen LogP contribution in [0, 0.1) is 0 Å². The Kier molecular flexibility index (Phi) is 3.99. The number of anilines is 1. The molecule has 3 aromatic rings. The van der Waals surface area contributed by atoms with Gasteiger partial charge in [-0.3, -0.25) is 9.55 Å². The molecule has 0 aliphatic carbocycles. The number of imidazole rings is 1. The number of hydrogen-bond acceptors (Lipinski definition) is 7. The first-order chi connectivity index (χ1) is 12.6. The Morgan fingerprint density at radius 3 is 2.81 bits per heavy atom. The van der Waals surface area contributed by atoms with Crippen molar-refractivity contribution in [3.05, 3.63) is 41.1 Å². The second kappa shape index (κ2) is 6.47. The zero-order valence-corrected chi connectivity index (χ0v) is 13.7. The highest BCUT2D eigenvalue weighted by atomic mass is 16.7. The smallest absolute Gasteiger partial charge is 0.449 e. The van der Waals surface area contributed by atoms with E-state index in [4.69, 9.17) is 5.11 Å². The lowest BCUT2D eigenvalue weighted by Crippen LogP contribution is -2.37. The first-order valence-corrected chi connectivity index (χ1v) is 8.16. The van der Waals surface area contributed by atoms with E-state index in [1.54, 1.807) is 16.8 Å². The molecule has 10 nitrogen and oxygen atoms in total. The van der Waals surface area contributed by atoms with E-state index in [-0.39, 0.29) is 17.7 Å². The monoisotopic (exact) mass is 356 g/mol. The SMILES string of the molecule is O=C(O)Oc1nccc(N2CCC(n3c(=O)[nH]c4ncccc43)CC2)n1. The second-order valence-electron chi connectivity index (χ2n) is 5.95. The van der Waals surface area contributed by atoms with E-state index in [1.807, 2.05) is 17.0 Å². The number of ether oxygens (including phenoxy) is 1. The van der Waals surface area contributed by atoms with Gasteiger partial charge in [-0.25, -0.2) is 19.6 Å². The molecule has 0 atom stereocenters. The first kappa shape index (κ1) is 16.1. The van der Waals surface area contributed by atoms with Crippen LogP contribution in [0.1, 0.15) is 18.9 Å². The number of hydrogen-bond donors (Lipinski definition) is 2. The predicted octanol–water partition coefficient (Wildman–Crippen LogP) is 1.41. The molecule has 26 heavy (non-hydrogen) atoms. The zero-order chi connectivity index (χ0) is 18.1. The van der Waals surface area contributed by atoms with Gasteiger partial charge in [0.2, 0.25) is 0 Å². The Morgan fingerprint density at radius 1 is 1.23 bits per heavy atom. The fraction of sp³-hybridized carbons (Fsp3) is 0.312. The summed E-state index contributed by atoms with van der Waals surface area (Å²) in [6.45, 7) is 1.35. The van der Waals surface area contributed by atoms with E-state index < -0.39 is 6.16 Å². The maximum atomic E-state index is 12.3. The van der Waals surface area contributed by atoms with Crippen LogP contribution in [0.5, 0.6) is 6.01 Å². The molecule has 0 saturated carbocycles. The number of carbonyl (C=O) groups is 1. The van der Waals surface area contributed by atoms with Crippen molar-refractivity contribution >= 4 is 23.1 Å². The molecule has 0 spiro atoms. The highest BCUT2D eigenvalue weighted by Gasteiger charge is 2.24. The molecule has 0 radical (unpaired) electrons. The van der Waals surface area contributed by atoms with Gasteiger partial charge in [0, 0.05) is 31.5 Å². The molecule has 0 bridgehead atoms. The fourth-order valence-electron chi connectivity index (χ4n) is 3.31. The molecule has 0 amide bonds. The van der Waals surface area contributed by atoms with Gasteiger partial charge in [-0.15, -0.1) is 0 Å². The van der Waals surface area contributed by atoms with Gasteiger partial charge >= 0.3 is 17.9 Å². The van der Waals surface area contributed by atoms with Crippen molar-refractivity contribution in [2.24, 2.45) is 0 Å². The van der Waals surface area contributed by atoms with Crippen molar-refractivity contribution < 1.29 is 14.6 Å². The van der Waals surface area contributed by atoms with E-state index in [2.05, 4.69) is 24.7 Å². The Labute approximate surface area is 147 Å². The average molecular weight is 356 g/mol. The summed E-state index contributed by atoms with van der Waals surface area (Å²) in [6, 6.07) is 5.26. The minimum atomic E-state index is -1.45. The molecule has 4 rings (SSSR count). The number of piperidine rings is 1. The van der Waals surface area contributed by atoms with Crippen LogP contribution < -0.4 is 15.3 Å². The van der Waals surface area contributed by atoms with Gasteiger partial charge in [-0.05, 0) is 31.0 Å². The number of pyridine rings is 1. The van der Waals surface area contributed by atoms with Gasteiger partial charge in [0.1, 0.15) is 5.82 Å². The number of nitrogens with zero attached hydrogens (tertiary/aromatic N) is 5. The van der Waals surface area contributed by atoms with Crippen LogP contribution in [0.2, 0.25) is 0 Å². The lowest BCUT2D eigenvalue weighted by molar-refractivity contribution is 0.140. The number of H-pyrrole nitrogens is 1. The molecule has 0 aromatic carbocycles. The van der Waals surface area contributed by atoms with Crippen molar-refractivity contribution in [3.8, 4) is 6.01 Å². The molecule has 134 valence electrons. The largest absolute Gasteiger partial charge is 0.513 e. The van der Waals surface area contributed by atoms with E-state index in [1.165, 1.54) is 6.20 Å². The van der Waals surface area contributed by atoms with Crippen LogP contribution in [0.4, 0.5) is 10.6 Å². The van der Waals surface area contributed by atoms with Crippen molar-refractivity contribution in [1.82, 2.24) is 24.5 Å². The predicted molar refractivity (Wildman–Crippen MR) is 91.5 cm³/mol. The van der Waals surface area contributed by atoms with Gasteiger partial charge in [-0.2, -0.15) is 4.98 Å². The molecule has 4 heterocycles. The zero-order valence-electron chi connectivity index (χ0n) is 13.7. The van der Waals surface area contributed by atoms with Crippen molar-refractivity contribution in [1.29, 1.82) is 0 Å². The fourth-order valence-corrected chi connectivity index (χ4v) is 3.31. The third-order valence-corrected chi connectivity index (χ3v) is 4.44. The van der Waals surface area contributed by atoms with Crippen molar-refractivity contribution in [3.63, 3.8) is 0 Å². The Bertz CT molecular complexity index is 1010. The summed E-state index contributed by atoms with van der Waals surface area (Å²) in [7, 11) is 0. The summed E-state index contributed by atoms with van der Waals surface area (Å²) in [5.74, 6) is 0.600. The summed E-state index contributed by atoms with van der Waals surface area (Å²) < 4.78 is 6.26. The van der Waals surface area contributed by atoms with Crippen LogP contribution in [-0.4, -0.2) is 48.9 Å². The minimum absolute atomic E-state index is 0.0632. The number of rotatable bonds is 3. The highest BCUT2D eigenvalue weighted by Crippen LogP contribution is 2.27. The third-order valence-electron chi connectivity index (χ3n) is 4.44. The number of aromatic amines is 1. The summed E-state index contributed by atoms with van der Waals surface area (Å²) in [6.07, 6.45) is 3.16. The Morgan fingerprint density at radius 2 is 2.04 bits per heavy atom. The van der Waals surface area contributed by atoms with Gasteiger partial charge in [0.05, 0.1) is 5.52 Å². The Hall–Kier alpha value is -3.43. The summed E-state index contributed by atoms with van der Waals surface area (Å²) in [4.78, 5) is 39.8. The lowest BCUT2D eigenvalue weighted by atomic mass is 10.0. The topological polar surface area (TPSA) is 126 Å². The third kappa shape index (κ3) is 2.96. The normalized spacial score (nSPS) is 15.3. The van der Waals surface area contributed by atoms with E-state index >= 15 is 0 Å². The van der Waals surface area contributed by atoms with Gasteiger partial charge < -0.3 is 14.7 Å². The van der Waals surface area contributed by atoms with Crippen LogP contribution in [0.15, 0.2) is 35.4 Å². The second-order valence-corrected chi connectivity index (χ2v) is 5.95. The number of nitrogens with one attached hydrogen (secondary N) is 1. The number of aromatic nitrogens is 5. The molecule has 3 aromatic heterocycles. The van der Waals surface area contributed by atoms with E-state index in [0.717, 1.165) is 18.4 Å². The highest BCUT2D eigenvalue weighted by molar-refractivity contribution is 5.70. The van der Waals surface area contributed by atoms with E-state index in [9.17, 15) is 9.59 Å². The quantitative estimate of drug-likeness (QED) is 0.675. The maximum Gasteiger partial charge on any atom is 0.513 e. The molecule has 1 fully saturated rings. The minimum Gasteiger partial charge on any atom is -0.449 e. The summed E-state index contributed by atoms with van der Waals surface area (Å²) in [5, 5.41) is 8.66. The van der Waals surface area contributed by atoms with Crippen LogP contribution in [0.25, 0.3) is 11.2 Å². The molecular formula is C16H16N6O4. The molecule has 1 aliphatic heterocycles. The van der Waals surface area contributed by atoms with E-state index in [0.29, 0.717) is 24.6 Å². The number of fused-ring (bicyclic) bond motifs is 1. The van der Waals surface area contributed by atoms with Crippen molar-refractivity contribution in [2.45, 2.75) is 18.9 Å². The molecular weight excluding hydrogens is 340 g/mol. The lowest BCUT2D eigenvalue weighted by Gasteiger charge is -2.33. The molecule has 2 N–H and O–H groups in total. The Balaban J connectivity index is 1.51. The molecule has 1 aliphatic rings. The molecule has 10 heteroatoms. The summed E-state index contributed by atoms with van der Waals surface area (Å²) >= 11 is 0. The van der Waals surface area contributed by atoms with Crippen LogP contribution in [0.3, 0.4) is 0 Å². The summed E-state index contributed by atoms with van der Waals surface area (Å²) in [5.41, 5.74) is 1.23. The maximum absolute atomic E-state index is 12.3. The van der Waals surface area contributed by atoms with Crippen molar-refractivity contribution in [2.75, 3.05) is 18.0 Å². The first-order valence-electron chi connectivity index (χ1n) is 8.16. The van der Waals surface area contributed by atoms with Gasteiger partial charge in [0.25, 0.3) is 0 Å². The number of carboxylic acid groups (broad SMARTS) is 1. The molecule has 1 saturated heterocycles. The molecule has 0 unspecified atom stereocenters. The van der Waals surface area contributed by atoms with Gasteiger partial charge in [-0.1, -0.05) is 0 Å². The average Bonchev–Trinajstić information content (AvgIpc) is 2.97. The van der Waals surface area contributed by atoms with Gasteiger partial charge in [0.15, 0.2) is 5.65 Å². The van der Waals surface area contributed by atoms with Crippen LogP contribution in [-0.2, 0) is 0 Å². The van der Waals surface area contributed by atoms with Crippen LogP contribution >= 0.6 is 0 Å². The standard InChI is InChI=1S/C16H16N6O4/c23-15-20-13-11(2-1-6-17-13)22(15)10-4-8-21(9-5-10)12-3-7-18-14(19-12)26-16(24)25/h1-3,6-7,10H,4-5,8-9H2,(H,24,25)(H,17,20,23).